The van der Waals surface area contributed by atoms with Gasteiger partial charge in [-0.3, -0.25) is 4.79 Å². The molecule has 1 amide bonds. The van der Waals surface area contributed by atoms with Crippen molar-refractivity contribution in [2.45, 2.75) is 23.1 Å². The van der Waals surface area contributed by atoms with Crippen LogP contribution in [0, 0.1) is 0 Å². The van der Waals surface area contributed by atoms with Crippen LogP contribution in [0.5, 0.6) is 0 Å². The number of hydrogen-bond donors (Lipinski definition) is 1. The standard InChI is InChI=1S/C18H18BrNO3S/c1-12(24-15-6-4-3-5-7-15)17(21)20-16(18(22)23-2)13-8-10-14(19)11-9-13/h3-12,16H,1-2H3,(H,20,21). The predicted molar refractivity (Wildman–Crippen MR) is 98.8 cm³/mol. The summed E-state index contributed by atoms with van der Waals surface area (Å²) in [6.07, 6.45) is 0. The Morgan fingerprint density at radius 1 is 1.08 bits per heavy atom. The van der Waals surface area contributed by atoms with E-state index in [9.17, 15) is 9.59 Å². The van der Waals surface area contributed by atoms with Crippen molar-refractivity contribution in [3.8, 4) is 0 Å². The fourth-order valence-electron chi connectivity index (χ4n) is 2.07. The van der Waals surface area contributed by atoms with Gasteiger partial charge in [0, 0.05) is 9.37 Å². The Morgan fingerprint density at radius 2 is 1.71 bits per heavy atom. The van der Waals surface area contributed by atoms with E-state index in [-0.39, 0.29) is 11.2 Å². The molecule has 6 heteroatoms. The lowest BCUT2D eigenvalue weighted by molar-refractivity contribution is -0.145. The van der Waals surface area contributed by atoms with Crippen LogP contribution in [-0.2, 0) is 14.3 Å². The molecule has 4 nitrogen and oxygen atoms in total. The third kappa shape index (κ3) is 5.11. The van der Waals surface area contributed by atoms with Gasteiger partial charge in [0.2, 0.25) is 5.91 Å². The van der Waals surface area contributed by atoms with Gasteiger partial charge in [-0.2, -0.15) is 0 Å². The molecule has 0 fully saturated rings. The lowest BCUT2D eigenvalue weighted by atomic mass is 10.1. The molecule has 0 radical (unpaired) electrons. The maximum atomic E-state index is 12.5. The van der Waals surface area contributed by atoms with E-state index in [1.54, 1.807) is 12.1 Å². The van der Waals surface area contributed by atoms with Crippen molar-refractivity contribution >= 4 is 39.6 Å². The van der Waals surface area contributed by atoms with E-state index >= 15 is 0 Å². The van der Waals surface area contributed by atoms with Gasteiger partial charge in [0.05, 0.1) is 12.4 Å². The Bertz CT molecular complexity index is 691. The van der Waals surface area contributed by atoms with Gasteiger partial charge in [-0.1, -0.05) is 46.3 Å². The topological polar surface area (TPSA) is 55.4 Å². The van der Waals surface area contributed by atoms with Crippen molar-refractivity contribution in [3.63, 3.8) is 0 Å². The Hall–Kier alpha value is -1.79. The zero-order chi connectivity index (χ0) is 17.5. The van der Waals surface area contributed by atoms with Crippen molar-refractivity contribution in [3.05, 3.63) is 64.6 Å². The molecule has 2 aromatic carbocycles. The van der Waals surface area contributed by atoms with Crippen LogP contribution in [0.2, 0.25) is 0 Å². The van der Waals surface area contributed by atoms with Crippen molar-refractivity contribution in [2.24, 2.45) is 0 Å². The second-order valence-electron chi connectivity index (χ2n) is 5.09. The van der Waals surface area contributed by atoms with Crippen LogP contribution in [0.3, 0.4) is 0 Å². The van der Waals surface area contributed by atoms with Gasteiger partial charge in [0.25, 0.3) is 0 Å². The van der Waals surface area contributed by atoms with Crippen molar-refractivity contribution < 1.29 is 14.3 Å². The SMILES string of the molecule is COC(=O)C(NC(=O)C(C)Sc1ccccc1)c1ccc(Br)cc1. The number of benzene rings is 2. The summed E-state index contributed by atoms with van der Waals surface area (Å²) in [5.41, 5.74) is 0.676. The van der Waals surface area contributed by atoms with Crippen LogP contribution < -0.4 is 5.32 Å². The molecule has 0 aliphatic carbocycles. The minimum absolute atomic E-state index is 0.220. The first-order chi connectivity index (χ1) is 11.5. The molecular weight excluding hydrogens is 390 g/mol. The fourth-order valence-corrected chi connectivity index (χ4v) is 3.23. The lowest BCUT2D eigenvalue weighted by Crippen LogP contribution is -2.38. The third-order valence-corrected chi connectivity index (χ3v) is 4.99. The van der Waals surface area contributed by atoms with E-state index in [1.807, 2.05) is 49.4 Å². The summed E-state index contributed by atoms with van der Waals surface area (Å²) >= 11 is 4.79. The Morgan fingerprint density at radius 3 is 2.29 bits per heavy atom. The number of nitrogens with one attached hydrogen (secondary N) is 1. The molecule has 0 heterocycles. The minimum Gasteiger partial charge on any atom is -0.467 e. The smallest absolute Gasteiger partial charge is 0.333 e. The molecule has 0 aromatic heterocycles. The van der Waals surface area contributed by atoms with Crippen LogP contribution in [0.25, 0.3) is 0 Å². The van der Waals surface area contributed by atoms with Crippen molar-refractivity contribution in [1.29, 1.82) is 0 Å². The molecular formula is C18H18BrNO3S. The van der Waals surface area contributed by atoms with Gasteiger partial charge in [-0.25, -0.2) is 4.79 Å². The summed E-state index contributed by atoms with van der Waals surface area (Å²) in [6, 6.07) is 16.0. The van der Waals surface area contributed by atoms with E-state index in [4.69, 9.17) is 4.74 Å². The maximum Gasteiger partial charge on any atom is 0.333 e. The van der Waals surface area contributed by atoms with E-state index in [2.05, 4.69) is 21.2 Å². The highest BCUT2D eigenvalue weighted by molar-refractivity contribution is 9.10. The first-order valence-corrected chi connectivity index (χ1v) is 9.04. The summed E-state index contributed by atoms with van der Waals surface area (Å²) in [5, 5.41) is 2.44. The average molecular weight is 408 g/mol. The quantitative estimate of drug-likeness (QED) is 0.581. The highest BCUT2D eigenvalue weighted by atomic mass is 79.9. The van der Waals surface area contributed by atoms with Gasteiger partial charge < -0.3 is 10.1 Å². The molecule has 0 aliphatic rings. The number of ether oxygens (including phenoxy) is 1. The Kier molecular flexibility index (Phi) is 6.87. The fraction of sp³-hybridized carbons (Fsp3) is 0.222. The zero-order valence-electron chi connectivity index (χ0n) is 13.4. The average Bonchev–Trinajstić information content (AvgIpc) is 2.60. The first-order valence-electron chi connectivity index (χ1n) is 7.36. The molecule has 0 bridgehead atoms. The molecule has 0 saturated carbocycles. The molecule has 0 aliphatic heterocycles. The molecule has 126 valence electrons. The number of esters is 1. The molecule has 24 heavy (non-hydrogen) atoms. The summed E-state index contributed by atoms with van der Waals surface area (Å²) in [5.74, 6) is -0.718. The number of amides is 1. The highest BCUT2D eigenvalue weighted by Gasteiger charge is 2.26. The molecule has 2 unspecified atom stereocenters. The normalized spacial score (nSPS) is 13.0. The van der Waals surface area contributed by atoms with Gasteiger partial charge in [-0.15, -0.1) is 11.8 Å². The third-order valence-electron chi connectivity index (χ3n) is 3.35. The van der Waals surface area contributed by atoms with Crippen LogP contribution in [0.4, 0.5) is 0 Å². The Labute approximate surface area is 154 Å². The molecule has 0 saturated heterocycles. The van der Waals surface area contributed by atoms with Crippen LogP contribution in [0.15, 0.2) is 64.0 Å². The van der Waals surface area contributed by atoms with E-state index in [1.165, 1.54) is 18.9 Å². The number of methoxy groups -OCH3 is 1. The first kappa shape index (κ1) is 18.5. The summed E-state index contributed by atoms with van der Waals surface area (Å²) in [6.45, 7) is 1.81. The summed E-state index contributed by atoms with van der Waals surface area (Å²) in [4.78, 5) is 25.5. The van der Waals surface area contributed by atoms with Crippen LogP contribution in [0.1, 0.15) is 18.5 Å². The number of carbonyl (C=O) groups is 2. The van der Waals surface area contributed by atoms with E-state index in [0.29, 0.717) is 5.56 Å². The molecule has 2 aromatic rings. The summed E-state index contributed by atoms with van der Waals surface area (Å²) in [7, 11) is 1.31. The number of halogens is 1. The zero-order valence-corrected chi connectivity index (χ0v) is 15.8. The second kappa shape index (κ2) is 8.89. The molecule has 2 rings (SSSR count). The number of rotatable bonds is 6. The van der Waals surface area contributed by atoms with Gasteiger partial charge >= 0.3 is 5.97 Å². The molecule has 1 N–H and O–H groups in total. The second-order valence-corrected chi connectivity index (χ2v) is 7.42. The van der Waals surface area contributed by atoms with Crippen molar-refractivity contribution in [1.82, 2.24) is 5.32 Å². The largest absolute Gasteiger partial charge is 0.467 e. The van der Waals surface area contributed by atoms with Crippen molar-refractivity contribution in [2.75, 3.05) is 7.11 Å². The van der Waals surface area contributed by atoms with Crippen LogP contribution >= 0.6 is 27.7 Å². The number of thioether (sulfide) groups is 1. The maximum absolute atomic E-state index is 12.5. The van der Waals surface area contributed by atoms with Gasteiger partial charge in [0.1, 0.15) is 0 Å². The van der Waals surface area contributed by atoms with Gasteiger partial charge in [-0.05, 0) is 36.8 Å². The molecule has 2 atom stereocenters. The predicted octanol–water partition coefficient (Wildman–Crippen LogP) is 3.96. The van der Waals surface area contributed by atoms with E-state index in [0.717, 1.165) is 9.37 Å². The Balaban J connectivity index is 2.09. The van der Waals surface area contributed by atoms with Gasteiger partial charge in [0.15, 0.2) is 6.04 Å². The minimum atomic E-state index is -0.825. The van der Waals surface area contributed by atoms with Crippen LogP contribution in [-0.4, -0.2) is 24.2 Å². The monoisotopic (exact) mass is 407 g/mol. The number of carbonyl (C=O) groups excluding carboxylic acids is 2. The highest BCUT2D eigenvalue weighted by Crippen LogP contribution is 2.24. The molecule has 0 spiro atoms. The number of hydrogen-bond acceptors (Lipinski definition) is 4. The summed E-state index contributed by atoms with van der Waals surface area (Å²) < 4.78 is 5.72. The van der Waals surface area contributed by atoms with E-state index < -0.39 is 12.0 Å². The lowest BCUT2D eigenvalue weighted by Gasteiger charge is -2.19.